The van der Waals surface area contributed by atoms with Gasteiger partial charge in [-0.2, -0.15) is 0 Å². The zero-order chi connectivity index (χ0) is 14.3. The Morgan fingerprint density at radius 2 is 1.95 bits per heavy atom. The predicted molar refractivity (Wildman–Crippen MR) is 74.9 cm³/mol. The van der Waals surface area contributed by atoms with Gasteiger partial charge in [0.1, 0.15) is 0 Å². The number of nitrogens with one attached hydrogen (secondary N) is 1. The van der Waals surface area contributed by atoms with E-state index in [1.165, 1.54) is 23.9 Å². The molecule has 0 saturated carbocycles. The number of hydrogen-bond acceptors (Lipinski definition) is 4. The van der Waals surface area contributed by atoms with Crippen LogP contribution in [0.5, 0.6) is 0 Å². The fraction of sp³-hybridized carbons (Fsp3) is 0.417. The third kappa shape index (κ3) is 5.63. The molecule has 1 aromatic rings. The highest BCUT2D eigenvalue weighted by atomic mass is 32.2. The molecule has 106 valence electrons. The summed E-state index contributed by atoms with van der Waals surface area (Å²) in [7, 11) is -3.43. The van der Waals surface area contributed by atoms with Crippen molar-refractivity contribution in [3.63, 3.8) is 0 Å². The van der Waals surface area contributed by atoms with E-state index in [0.29, 0.717) is 12.3 Å². The molecule has 0 atom stereocenters. The van der Waals surface area contributed by atoms with Gasteiger partial charge in [-0.25, -0.2) is 13.1 Å². The Hall–Kier alpha value is -1.05. The van der Waals surface area contributed by atoms with Crippen LogP contribution in [0.4, 0.5) is 0 Å². The molecule has 1 rings (SSSR count). The maximum absolute atomic E-state index is 11.8. The van der Waals surface area contributed by atoms with Gasteiger partial charge in [0.05, 0.1) is 11.3 Å². The van der Waals surface area contributed by atoms with Crippen LogP contribution >= 0.6 is 11.8 Å². The number of carboxylic acid groups (broad SMARTS) is 1. The third-order valence-corrected chi connectivity index (χ3v) is 4.75. The molecule has 0 aliphatic carbocycles. The van der Waals surface area contributed by atoms with Gasteiger partial charge < -0.3 is 5.11 Å². The van der Waals surface area contributed by atoms with Crippen LogP contribution in [-0.2, 0) is 14.8 Å². The second-order valence-electron chi connectivity index (χ2n) is 3.86. The van der Waals surface area contributed by atoms with Gasteiger partial charge >= 0.3 is 5.97 Å². The van der Waals surface area contributed by atoms with Crippen molar-refractivity contribution in [2.45, 2.75) is 29.6 Å². The van der Waals surface area contributed by atoms with E-state index in [-0.39, 0.29) is 11.3 Å². The molecule has 0 aliphatic rings. The highest BCUT2D eigenvalue weighted by Gasteiger charge is 2.12. The average molecular weight is 303 g/mol. The number of aliphatic carboxylic acids is 1. The van der Waals surface area contributed by atoms with Crippen LogP contribution in [0.2, 0.25) is 0 Å². The van der Waals surface area contributed by atoms with Gasteiger partial charge in [-0.15, -0.1) is 11.8 Å². The first-order valence-corrected chi connectivity index (χ1v) is 8.37. The summed E-state index contributed by atoms with van der Waals surface area (Å²) < 4.78 is 26.1. The summed E-state index contributed by atoms with van der Waals surface area (Å²) in [5, 5.41) is 8.52. The lowest BCUT2D eigenvalue weighted by atomic mass is 10.4. The molecular weight excluding hydrogens is 286 g/mol. The number of hydrogen-bond donors (Lipinski definition) is 2. The molecule has 0 radical (unpaired) electrons. The minimum atomic E-state index is -3.43. The molecule has 1 aromatic carbocycles. The standard InChI is InChI=1S/C12H17NO4S2/c1-2-8-13-19(16,17)11-5-3-10(4-6-11)18-9-7-12(14)15/h3-6,13H,2,7-9H2,1H3,(H,14,15). The van der Waals surface area contributed by atoms with E-state index >= 15 is 0 Å². The quantitative estimate of drug-likeness (QED) is 0.717. The van der Waals surface area contributed by atoms with Crippen molar-refractivity contribution in [1.82, 2.24) is 4.72 Å². The van der Waals surface area contributed by atoms with E-state index in [2.05, 4.69) is 4.72 Å². The van der Waals surface area contributed by atoms with Crippen molar-refractivity contribution < 1.29 is 18.3 Å². The van der Waals surface area contributed by atoms with Gasteiger partial charge in [-0.1, -0.05) is 6.92 Å². The van der Waals surface area contributed by atoms with E-state index in [1.807, 2.05) is 6.92 Å². The lowest BCUT2D eigenvalue weighted by molar-refractivity contribution is -0.136. The predicted octanol–water partition coefficient (Wildman–Crippen LogP) is 1.94. The van der Waals surface area contributed by atoms with E-state index in [1.54, 1.807) is 12.1 Å². The van der Waals surface area contributed by atoms with Crippen LogP contribution in [0.25, 0.3) is 0 Å². The van der Waals surface area contributed by atoms with Crippen LogP contribution in [0.3, 0.4) is 0 Å². The molecule has 7 heteroatoms. The monoisotopic (exact) mass is 303 g/mol. The third-order valence-electron chi connectivity index (χ3n) is 2.26. The van der Waals surface area contributed by atoms with Crippen LogP contribution in [0.1, 0.15) is 19.8 Å². The van der Waals surface area contributed by atoms with Gasteiger partial charge in [-0.3, -0.25) is 4.79 Å². The van der Waals surface area contributed by atoms with Gasteiger partial charge in [0.15, 0.2) is 0 Å². The Morgan fingerprint density at radius 3 is 2.47 bits per heavy atom. The maximum Gasteiger partial charge on any atom is 0.304 e. The molecule has 0 spiro atoms. The van der Waals surface area contributed by atoms with Gasteiger partial charge in [0.2, 0.25) is 10.0 Å². The summed E-state index contributed by atoms with van der Waals surface area (Å²) in [4.78, 5) is 11.5. The SMILES string of the molecule is CCCNS(=O)(=O)c1ccc(SCCC(=O)O)cc1. The number of thioether (sulfide) groups is 1. The fourth-order valence-electron chi connectivity index (χ4n) is 1.29. The zero-order valence-electron chi connectivity index (χ0n) is 10.6. The van der Waals surface area contributed by atoms with E-state index < -0.39 is 16.0 Å². The molecule has 0 amide bonds. The topological polar surface area (TPSA) is 83.5 Å². The second kappa shape index (κ2) is 7.52. The first-order chi connectivity index (χ1) is 8.95. The van der Waals surface area contributed by atoms with Crippen molar-refractivity contribution in [3.8, 4) is 0 Å². The molecule has 2 N–H and O–H groups in total. The molecule has 0 aromatic heterocycles. The molecular formula is C12H17NO4S2. The van der Waals surface area contributed by atoms with Crippen LogP contribution < -0.4 is 4.72 Å². The summed E-state index contributed by atoms with van der Waals surface area (Å²) in [5.41, 5.74) is 0. The minimum Gasteiger partial charge on any atom is -0.481 e. The summed E-state index contributed by atoms with van der Waals surface area (Å²) in [6, 6.07) is 6.43. The van der Waals surface area contributed by atoms with Crippen LogP contribution in [0, 0.1) is 0 Å². The minimum absolute atomic E-state index is 0.0861. The van der Waals surface area contributed by atoms with Crippen molar-refractivity contribution in [2.24, 2.45) is 0 Å². The number of carboxylic acids is 1. The van der Waals surface area contributed by atoms with Crippen molar-refractivity contribution in [1.29, 1.82) is 0 Å². The van der Waals surface area contributed by atoms with E-state index in [9.17, 15) is 13.2 Å². The lowest BCUT2D eigenvalue weighted by Gasteiger charge is -2.06. The number of carbonyl (C=O) groups is 1. The normalized spacial score (nSPS) is 11.4. The molecule has 19 heavy (non-hydrogen) atoms. The van der Waals surface area contributed by atoms with Gasteiger partial charge in [-0.05, 0) is 30.7 Å². The Balaban J connectivity index is 2.63. The molecule has 0 saturated heterocycles. The highest BCUT2D eigenvalue weighted by Crippen LogP contribution is 2.20. The zero-order valence-corrected chi connectivity index (χ0v) is 12.3. The van der Waals surface area contributed by atoms with E-state index in [0.717, 1.165) is 11.3 Å². The smallest absolute Gasteiger partial charge is 0.304 e. The summed E-state index contributed by atoms with van der Waals surface area (Å²) in [5.74, 6) is -0.370. The first-order valence-electron chi connectivity index (χ1n) is 5.90. The summed E-state index contributed by atoms with van der Waals surface area (Å²) >= 11 is 1.39. The Morgan fingerprint density at radius 1 is 1.32 bits per heavy atom. The van der Waals surface area contributed by atoms with Gasteiger partial charge in [0, 0.05) is 17.2 Å². The van der Waals surface area contributed by atoms with Crippen LogP contribution in [0.15, 0.2) is 34.1 Å². The number of sulfonamides is 1. The average Bonchev–Trinajstić information content (AvgIpc) is 2.37. The Bertz CT molecular complexity index is 511. The van der Waals surface area contributed by atoms with Crippen LogP contribution in [-0.4, -0.2) is 31.8 Å². The molecule has 0 aliphatic heterocycles. The fourth-order valence-corrected chi connectivity index (χ4v) is 3.27. The van der Waals surface area contributed by atoms with Gasteiger partial charge in [0.25, 0.3) is 0 Å². The Kier molecular flexibility index (Phi) is 6.33. The largest absolute Gasteiger partial charge is 0.481 e. The molecule has 0 bridgehead atoms. The summed E-state index contributed by atoms with van der Waals surface area (Å²) in [6.07, 6.45) is 0.825. The van der Waals surface area contributed by atoms with Crippen molar-refractivity contribution in [2.75, 3.05) is 12.3 Å². The maximum atomic E-state index is 11.8. The van der Waals surface area contributed by atoms with Crippen molar-refractivity contribution in [3.05, 3.63) is 24.3 Å². The highest BCUT2D eigenvalue weighted by molar-refractivity contribution is 7.99. The van der Waals surface area contributed by atoms with Crippen molar-refractivity contribution >= 4 is 27.8 Å². The van der Waals surface area contributed by atoms with E-state index in [4.69, 9.17) is 5.11 Å². The molecule has 5 nitrogen and oxygen atoms in total. The first kappa shape index (κ1) is 16.0. The molecule has 0 fully saturated rings. The Labute approximate surface area is 117 Å². The summed E-state index contributed by atoms with van der Waals surface area (Å²) in [6.45, 7) is 2.31. The second-order valence-corrected chi connectivity index (χ2v) is 6.80. The molecule has 0 heterocycles. The molecule has 0 unspecified atom stereocenters. The number of benzene rings is 1. The lowest BCUT2D eigenvalue weighted by Crippen LogP contribution is -2.24. The number of rotatable bonds is 8.